The van der Waals surface area contributed by atoms with Crippen LogP contribution in [-0.4, -0.2) is 26.9 Å². The third-order valence-corrected chi connectivity index (χ3v) is 3.26. The maximum absolute atomic E-state index is 5.44. The molecule has 0 bridgehead atoms. The molecule has 1 saturated heterocycles. The van der Waals surface area contributed by atoms with Crippen molar-refractivity contribution in [3.05, 3.63) is 35.9 Å². The topological polar surface area (TPSA) is 18.5 Å². The first kappa shape index (κ1) is 10.7. The van der Waals surface area contributed by atoms with Gasteiger partial charge in [0, 0.05) is 25.7 Å². The van der Waals surface area contributed by atoms with E-state index in [1.54, 1.807) is 7.11 Å². The van der Waals surface area contributed by atoms with Crippen LogP contribution in [0.2, 0.25) is 0 Å². The first-order valence-electron chi connectivity index (χ1n) is 5.50. The zero-order valence-electron chi connectivity index (χ0n) is 9.24. The van der Waals surface area contributed by atoms with Crippen molar-refractivity contribution in [1.29, 1.82) is 0 Å². The lowest BCUT2D eigenvalue weighted by molar-refractivity contribution is 0.0136. The lowest BCUT2D eigenvalue weighted by Crippen LogP contribution is -2.37. The van der Waals surface area contributed by atoms with Crippen molar-refractivity contribution in [3.63, 3.8) is 0 Å². The van der Waals surface area contributed by atoms with Crippen molar-refractivity contribution in [1.82, 2.24) is 0 Å². The molecule has 15 heavy (non-hydrogen) atoms. The number of methoxy groups -OCH3 is 1. The third-order valence-electron chi connectivity index (χ3n) is 3.26. The first-order chi connectivity index (χ1) is 7.37. The second-order valence-electron chi connectivity index (χ2n) is 4.19. The van der Waals surface area contributed by atoms with Crippen LogP contribution in [0.15, 0.2) is 30.3 Å². The molecule has 1 aliphatic rings. The molecule has 2 nitrogen and oxygen atoms in total. The Morgan fingerprint density at radius 2 is 1.87 bits per heavy atom. The normalized spacial score (nSPS) is 20.1. The summed E-state index contributed by atoms with van der Waals surface area (Å²) in [6, 6.07) is 10.7. The summed E-state index contributed by atoms with van der Waals surface area (Å²) in [6.45, 7) is 2.48. The lowest BCUT2D eigenvalue weighted by Gasteiger charge is -2.37. The smallest absolute Gasteiger partial charge is 0.0560 e. The molecule has 0 radical (unpaired) electrons. The van der Waals surface area contributed by atoms with Gasteiger partial charge in [-0.2, -0.15) is 0 Å². The molecule has 0 unspecified atom stereocenters. The Morgan fingerprint density at radius 3 is 2.47 bits per heavy atom. The van der Waals surface area contributed by atoms with Gasteiger partial charge in [-0.15, -0.1) is 0 Å². The Balaban J connectivity index is 2.25. The fraction of sp³-hybridized carbons (Fsp3) is 0.538. The molecule has 2 rings (SSSR count). The van der Waals surface area contributed by atoms with E-state index in [-0.39, 0.29) is 5.41 Å². The third kappa shape index (κ3) is 2.21. The molecule has 1 aromatic carbocycles. The van der Waals surface area contributed by atoms with E-state index in [1.807, 2.05) is 0 Å². The summed E-state index contributed by atoms with van der Waals surface area (Å²) in [6.07, 6.45) is 2.12. The standard InChI is InChI=1S/C13H18O2/c1-14-11-13(7-9-15-10-8-13)12-5-3-2-4-6-12/h2-6H,7-11H2,1H3. The zero-order valence-corrected chi connectivity index (χ0v) is 9.24. The molecule has 1 fully saturated rings. The van der Waals surface area contributed by atoms with Gasteiger partial charge in [-0.25, -0.2) is 0 Å². The Labute approximate surface area is 91.2 Å². The molecular formula is C13H18O2. The number of hydrogen-bond acceptors (Lipinski definition) is 2. The van der Waals surface area contributed by atoms with Gasteiger partial charge in [-0.3, -0.25) is 0 Å². The van der Waals surface area contributed by atoms with Crippen LogP contribution in [0, 0.1) is 0 Å². The summed E-state index contributed by atoms with van der Waals surface area (Å²) in [5, 5.41) is 0. The minimum atomic E-state index is 0.175. The van der Waals surface area contributed by atoms with E-state index in [9.17, 15) is 0 Å². The van der Waals surface area contributed by atoms with Crippen LogP contribution in [0.5, 0.6) is 0 Å². The quantitative estimate of drug-likeness (QED) is 0.756. The van der Waals surface area contributed by atoms with Crippen molar-refractivity contribution in [3.8, 4) is 0 Å². The second-order valence-corrected chi connectivity index (χ2v) is 4.19. The molecule has 0 saturated carbocycles. The van der Waals surface area contributed by atoms with E-state index < -0.39 is 0 Å². The summed E-state index contributed by atoms with van der Waals surface area (Å²) in [5.74, 6) is 0. The Morgan fingerprint density at radius 1 is 1.20 bits per heavy atom. The summed E-state index contributed by atoms with van der Waals surface area (Å²) < 4.78 is 10.8. The maximum Gasteiger partial charge on any atom is 0.0560 e. The van der Waals surface area contributed by atoms with E-state index in [2.05, 4.69) is 30.3 Å². The molecule has 0 aromatic heterocycles. The zero-order chi connectivity index (χ0) is 10.6. The predicted molar refractivity (Wildman–Crippen MR) is 60.0 cm³/mol. The van der Waals surface area contributed by atoms with Gasteiger partial charge in [0.1, 0.15) is 0 Å². The molecule has 0 atom stereocenters. The number of rotatable bonds is 3. The fourth-order valence-corrected chi connectivity index (χ4v) is 2.35. The SMILES string of the molecule is COCC1(c2ccccc2)CCOCC1. The van der Waals surface area contributed by atoms with Gasteiger partial charge >= 0.3 is 0 Å². The molecule has 0 spiro atoms. The highest BCUT2D eigenvalue weighted by Crippen LogP contribution is 2.34. The van der Waals surface area contributed by atoms with E-state index >= 15 is 0 Å². The van der Waals surface area contributed by atoms with Crippen molar-refractivity contribution >= 4 is 0 Å². The Kier molecular flexibility index (Phi) is 3.39. The highest BCUT2D eigenvalue weighted by atomic mass is 16.5. The van der Waals surface area contributed by atoms with Gasteiger partial charge in [0.05, 0.1) is 6.61 Å². The maximum atomic E-state index is 5.44. The number of benzene rings is 1. The van der Waals surface area contributed by atoms with Crippen LogP contribution in [0.3, 0.4) is 0 Å². The molecule has 2 heteroatoms. The average Bonchev–Trinajstić information content (AvgIpc) is 2.32. The van der Waals surface area contributed by atoms with Crippen molar-refractivity contribution in [2.45, 2.75) is 18.3 Å². The summed E-state index contributed by atoms with van der Waals surface area (Å²) >= 11 is 0. The van der Waals surface area contributed by atoms with E-state index in [4.69, 9.17) is 9.47 Å². The van der Waals surface area contributed by atoms with E-state index in [0.717, 1.165) is 32.7 Å². The molecule has 0 aliphatic carbocycles. The van der Waals surface area contributed by atoms with E-state index in [1.165, 1.54) is 5.56 Å². The molecule has 82 valence electrons. The summed E-state index contributed by atoms with van der Waals surface area (Å²) in [7, 11) is 1.78. The van der Waals surface area contributed by atoms with E-state index in [0.29, 0.717) is 0 Å². The fourth-order valence-electron chi connectivity index (χ4n) is 2.35. The van der Waals surface area contributed by atoms with Crippen molar-refractivity contribution < 1.29 is 9.47 Å². The monoisotopic (exact) mass is 206 g/mol. The lowest BCUT2D eigenvalue weighted by atomic mass is 9.75. The summed E-state index contributed by atoms with van der Waals surface area (Å²) in [4.78, 5) is 0. The summed E-state index contributed by atoms with van der Waals surface area (Å²) in [5.41, 5.74) is 1.56. The second kappa shape index (κ2) is 4.77. The molecular weight excluding hydrogens is 188 g/mol. The Bertz CT molecular complexity index is 283. The highest BCUT2D eigenvalue weighted by Gasteiger charge is 2.34. The molecule has 0 amide bonds. The molecule has 0 N–H and O–H groups in total. The molecule has 1 aromatic rings. The van der Waals surface area contributed by atoms with Crippen LogP contribution in [0.4, 0.5) is 0 Å². The average molecular weight is 206 g/mol. The van der Waals surface area contributed by atoms with Gasteiger partial charge in [-0.1, -0.05) is 30.3 Å². The van der Waals surface area contributed by atoms with Crippen LogP contribution in [-0.2, 0) is 14.9 Å². The van der Waals surface area contributed by atoms with Gasteiger partial charge in [0.15, 0.2) is 0 Å². The van der Waals surface area contributed by atoms with Crippen LogP contribution in [0.1, 0.15) is 18.4 Å². The highest BCUT2D eigenvalue weighted by molar-refractivity contribution is 5.26. The van der Waals surface area contributed by atoms with Gasteiger partial charge in [-0.05, 0) is 18.4 Å². The van der Waals surface area contributed by atoms with Crippen molar-refractivity contribution in [2.75, 3.05) is 26.9 Å². The van der Waals surface area contributed by atoms with Crippen LogP contribution >= 0.6 is 0 Å². The van der Waals surface area contributed by atoms with Gasteiger partial charge in [0.2, 0.25) is 0 Å². The van der Waals surface area contributed by atoms with Crippen LogP contribution in [0.25, 0.3) is 0 Å². The van der Waals surface area contributed by atoms with Gasteiger partial charge in [0.25, 0.3) is 0 Å². The van der Waals surface area contributed by atoms with Gasteiger partial charge < -0.3 is 9.47 Å². The molecule has 1 heterocycles. The van der Waals surface area contributed by atoms with Crippen molar-refractivity contribution in [2.24, 2.45) is 0 Å². The predicted octanol–water partition coefficient (Wildman–Crippen LogP) is 2.38. The molecule has 1 aliphatic heterocycles. The van der Waals surface area contributed by atoms with Crippen LogP contribution < -0.4 is 0 Å². The minimum absolute atomic E-state index is 0.175. The Hall–Kier alpha value is -0.860. The first-order valence-corrected chi connectivity index (χ1v) is 5.50. The number of hydrogen-bond donors (Lipinski definition) is 0. The largest absolute Gasteiger partial charge is 0.384 e. The minimum Gasteiger partial charge on any atom is -0.384 e. The number of ether oxygens (including phenoxy) is 2.